The van der Waals surface area contributed by atoms with Gasteiger partial charge in [-0.1, -0.05) is 6.07 Å². The van der Waals surface area contributed by atoms with Crippen molar-refractivity contribution < 1.29 is 63.0 Å². The second kappa shape index (κ2) is 17.6. The molecule has 11 heteroatoms. The molecule has 0 amide bonds. The maximum atomic E-state index is 13.7. The van der Waals surface area contributed by atoms with Crippen LogP contribution in [0.3, 0.4) is 0 Å². The van der Waals surface area contributed by atoms with Crippen LogP contribution in [0.5, 0.6) is 28.7 Å². The van der Waals surface area contributed by atoms with E-state index >= 15 is 0 Å². The van der Waals surface area contributed by atoms with Crippen molar-refractivity contribution in [3.63, 3.8) is 0 Å². The van der Waals surface area contributed by atoms with Gasteiger partial charge in [0.05, 0.1) is 19.5 Å². The molecule has 2 rings (SSSR count). The first-order valence-corrected chi connectivity index (χ1v) is 13.3. The number of hydrogen-bond donors (Lipinski definition) is 0. The first kappa shape index (κ1) is 34.0. The Morgan fingerprint density at radius 1 is 0.763 bits per heavy atom. The normalized spacial score (nSPS) is 13.4. The number of carbonyl (C=O) groups is 1. The van der Waals surface area contributed by atoms with Crippen LogP contribution in [0.1, 0.15) is 53.3 Å². The average molecular weight is 547 g/mol. The third kappa shape index (κ3) is 9.96. The van der Waals surface area contributed by atoms with Crippen molar-refractivity contribution in [1.29, 1.82) is 0 Å². The first-order chi connectivity index (χ1) is 17.8. The second-order valence-electron chi connectivity index (χ2n) is 7.71. The van der Waals surface area contributed by atoms with E-state index < -0.39 is 27.5 Å². The Labute approximate surface area is 241 Å². The third-order valence-electron chi connectivity index (χ3n) is 5.02. The van der Waals surface area contributed by atoms with E-state index in [4.69, 9.17) is 37.9 Å². The van der Waals surface area contributed by atoms with Gasteiger partial charge in [0.2, 0.25) is 0 Å². The fourth-order valence-corrected chi connectivity index (χ4v) is 4.66. The van der Waals surface area contributed by atoms with Crippen LogP contribution in [0.25, 0.3) is 0 Å². The molecule has 38 heavy (non-hydrogen) atoms. The Balaban J connectivity index is 0.00000722. The number of hydrogen-bond acceptors (Lipinski definition) is 9. The van der Waals surface area contributed by atoms with E-state index in [2.05, 4.69) is 0 Å². The molecule has 0 fully saturated rings. The zero-order valence-electron chi connectivity index (χ0n) is 24.9. The fourth-order valence-electron chi connectivity index (χ4n) is 3.55. The molecule has 0 aliphatic carbocycles. The van der Waals surface area contributed by atoms with Gasteiger partial charge >= 0.3 is 18.9 Å². The van der Waals surface area contributed by atoms with Crippen molar-refractivity contribution in [2.75, 3.05) is 34.0 Å². The van der Waals surface area contributed by atoms with Gasteiger partial charge in [0.1, 0.15) is 34.3 Å². The number of methoxy groups -OCH3 is 2. The van der Waals surface area contributed by atoms with Crippen molar-refractivity contribution in [2.24, 2.45) is 0 Å². The molecular formula is C27H40LiO9P. The number of carbonyl (C=O) groups excluding carboxylic acids is 1. The SMILES string of the molecule is CCOC(C)Oc1cc(OC(C)OCC)c(PC(=O)c2c(OC)cccc2OC)c(OC(C)OCC)c1.[H-].[Li+]. The Morgan fingerprint density at radius 3 is 1.58 bits per heavy atom. The molecule has 9 nitrogen and oxygen atoms in total. The largest absolute Gasteiger partial charge is 1.00 e. The maximum absolute atomic E-state index is 13.7. The van der Waals surface area contributed by atoms with Gasteiger partial charge in [0, 0.05) is 32.0 Å². The molecule has 0 heterocycles. The van der Waals surface area contributed by atoms with Crippen molar-refractivity contribution in [3.8, 4) is 28.7 Å². The topological polar surface area (TPSA) is 90.9 Å². The molecule has 0 bridgehead atoms. The Kier molecular flexibility index (Phi) is 15.7. The van der Waals surface area contributed by atoms with Gasteiger partial charge in [-0.3, -0.25) is 4.79 Å². The molecule has 4 atom stereocenters. The second-order valence-corrected chi connectivity index (χ2v) is 8.91. The van der Waals surface area contributed by atoms with Crippen LogP contribution >= 0.6 is 8.58 Å². The van der Waals surface area contributed by atoms with Gasteiger partial charge in [-0.15, -0.1) is 0 Å². The monoisotopic (exact) mass is 546 g/mol. The van der Waals surface area contributed by atoms with Crippen LogP contribution in [0.2, 0.25) is 0 Å². The summed E-state index contributed by atoms with van der Waals surface area (Å²) in [7, 11) is 2.62. The standard InChI is InChI=1S/C27H39O9P.Li.H/c1-9-31-17(4)34-20-15-23(35-18(5)32-10-2)26(24(16-20)36-19(6)33-11-3)37-27(28)25-21(29-7)13-12-14-22(25)30-8;;/h12-19,37H,9-11H2,1-8H3;;/q;+1;-1. The number of benzene rings is 2. The Morgan fingerprint density at radius 2 is 1.18 bits per heavy atom. The zero-order valence-corrected chi connectivity index (χ0v) is 24.9. The molecular weight excluding hydrogens is 506 g/mol. The summed E-state index contributed by atoms with van der Waals surface area (Å²) in [5, 5.41) is 0.535. The summed E-state index contributed by atoms with van der Waals surface area (Å²) >= 11 is 0. The quantitative estimate of drug-likeness (QED) is 0.168. The molecule has 0 N–H and O–H groups in total. The van der Waals surface area contributed by atoms with Crippen LogP contribution in [-0.2, 0) is 14.2 Å². The van der Waals surface area contributed by atoms with Crippen LogP contribution in [0.4, 0.5) is 0 Å². The Bertz CT molecular complexity index is 954. The van der Waals surface area contributed by atoms with Crippen LogP contribution < -0.4 is 47.8 Å². The van der Waals surface area contributed by atoms with Crippen LogP contribution in [0.15, 0.2) is 30.3 Å². The summed E-state index contributed by atoms with van der Waals surface area (Å²) in [6.45, 7) is 12.4. The molecule has 0 radical (unpaired) electrons. The van der Waals surface area contributed by atoms with Crippen LogP contribution in [-0.4, -0.2) is 58.4 Å². The molecule has 4 unspecified atom stereocenters. The van der Waals surface area contributed by atoms with Gasteiger partial charge < -0.3 is 39.3 Å². The van der Waals surface area contributed by atoms with Gasteiger partial charge in [-0.25, -0.2) is 0 Å². The summed E-state index contributed by atoms with van der Waals surface area (Å²) < 4.78 is 45.9. The predicted octanol–water partition coefficient (Wildman–Crippen LogP) is 2.25. The maximum Gasteiger partial charge on any atom is 1.00 e. The van der Waals surface area contributed by atoms with Gasteiger partial charge in [0.15, 0.2) is 24.4 Å². The summed E-state index contributed by atoms with van der Waals surface area (Å²) in [5.74, 6) is 2.06. The molecule has 2 aromatic carbocycles. The van der Waals surface area contributed by atoms with E-state index in [1.54, 1.807) is 51.1 Å². The van der Waals surface area contributed by atoms with Gasteiger partial charge in [0.25, 0.3) is 0 Å². The molecule has 0 saturated heterocycles. The van der Waals surface area contributed by atoms with Crippen molar-refractivity contribution >= 4 is 19.4 Å². The molecule has 0 aliphatic heterocycles. The van der Waals surface area contributed by atoms with Gasteiger partial charge in [-0.05, 0) is 62.3 Å². The van der Waals surface area contributed by atoms with E-state index in [-0.39, 0.29) is 25.8 Å². The summed E-state index contributed by atoms with van der Waals surface area (Å²) in [6.07, 6.45) is -1.67. The summed E-state index contributed by atoms with van der Waals surface area (Å²) in [4.78, 5) is 13.7. The Hall–Kier alpha value is -1.98. The average Bonchev–Trinajstić information content (AvgIpc) is 2.85. The molecule has 208 valence electrons. The van der Waals surface area contributed by atoms with Crippen molar-refractivity contribution in [1.82, 2.24) is 0 Å². The van der Waals surface area contributed by atoms with E-state index in [0.717, 1.165) is 0 Å². The van der Waals surface area contributed by atoms with E-state index in [9.17, 15) is 4.79 Å². The third-order valence-corrected chi connectivity index (χ3v) is 6.24. The smallest absolute Gasteiger partial charge is 1.00 e. The first-order valence-electron chi connectivity index (χ1n) is 12.3. The predicted molar refractivity (Wildman–Crippen MR) is 145 cm³/mol. The minimum absolute atomic E-state index is 0. The zero-order chi connectivity index (χ0) is 27.4. The van der Waals surface area contributed by atoms with Crippen molar-refractivity contribution in [3.05, 3.63) is 35.9 Å². The number of ether oxygens (including phenoxy) is 8. The van der Waals surface area contributed by atoms with Crippen LogP contribution in [0, 0.1) is 0 Å². The molecule has 0 saturated carbocycles. The van der Waals surface area contributed by atoms with E-state index in [0.29, 0.717) is 59.4 Å². The van der Waals surface area contributed by atoms with Crippen molar-refractivity contribution in [2.45, 2.75) is 60.4 Å². The van der Waals surface area contributed by atoms with Gasteiger partial charge in [-0.2, -0.15) is 0 Å². The molecule has 0 spiro atoms. The molecule has 0 aliphatic rings. The molecule has 0 aromatic heterocycles. The minimum atomic E-state index is -0.582. The summed E-state index contributed by atoms with van der Waals surface area (Å²) in [5.41, 5.74) is 0.122. The minimum Gasteiger partial charge on any atom is -1.00 e. The van der Waals surface area contributed by atoms with E-state index in [1.165, 1.54) is 14.2 Å². The van der Waals surface area contributed by atoms with E-state index in [1.807, 2.05) is 20.8 Å². The summed E-state index contributed by atoms with van der Waals surface area (Å²) in [6, 6.07) is 8.61. The molecule has 2 aromatic rings. The number of rotatable bonds is 17. The fraction of sp³-hybridized carbons (Fsp3) is 0.519.